The first kappa shape index (κ1) is 26.0. The maximum absolute atomic E-state index is 12.8. The van der Waals surface area contributed by atoms with Crippen molar-refractivity contribution in [3.05, 3.63) is 76.5 Å². The number of hydrogen-bond acceptors (Lipinski definition) is 6. The van der Waals surface area contributed by atoms with Gasteiger partial charge >= 0.3 is 0 Å². The van der Waals surface area contributed by atoms with Crippen molar-refractivity contribution in [3.8, 4) is 5.75 Å². The SMILES string of the molecule is CCCCSc1nc2n(n1)C(c1ccccc1OCc1ccc(C(C)(C)C)cc1)C(C(C)=O)=C(C)N2. The molecule has 1 aliphatic rings. The number of ether oxygens (including phenoxy) is 1. The normalized spacial score (nSPS) is 15.4. The number of ketones is 1. The number of nitrogens with one attached hydrogen (secondary N) is 1. The third-order valence-corrected chi connectivity index (χ3v) is 7.29. The topological polar surface area (TPSA) is 69.0 Å². The minimum Gasteiger partial charge on any atom is -0.489 e. The maximum atomic E-state index is 12.8. The molecule has 0 bridgehead atoms. The van der Waals surface area contributed by atoms with Crippen LogP contribution in [0.3, 0.4) is 0 Å². The Hall–Kier alpha value is -3.06. The highest BCUT2D eigenvalue weighted by Crippen LogP contribution is 2.40. The lowest BCUT2D eigenvalue weighted by molar-refractivity contribution is -0.114. The van der Waals surface area contributed by atoms with Gasteiger partial charge in [-0.2, -0.15) is 4.98 Å². The Kier molecular flexibility index (Phi) is 7.88. The Morgan fingerprint density at radius 1 is 1.14 bits per heavy atom. The Bertz CT molecular complexity index is 1260. The molecule has 6 nitrogen and oxygen atoms in total. The lowest BCUT2D eigenvalue weighted by Gasteiger charge is -2.29. The molecule has 2 aromatic carbocycles. The molecule has 1 aromatic heterocycles. The third kappa shape index (κ3) is 5.67. The van der Waals surface area contributed by atoms with Gasteiger partial charge in [0, 0.05) is 22.6 Å². The second-order valence-corrected chi connectivity index (χ2v) is 11.3. The van der Waals surface area contributed by atoms with E-state index in [9.17, 15) is 4.79 Å². The summed E-state index contributed by atoms with van der Waals surface area (Å²) in [6.45, 7) is 12.8. The number of allylic oxidation sites excluding steroid dienone is 2. The van der Waals surface area contributed by atoms with E-state index in [1.165, 1.54) is 5.56 Å². The molecule has 7 heteroatoms. The molecule has 1 atom stereocenters. The predicted octanol–water partition coefficient (Wildman–Crippen LogP) is 6.92. The summed E-state index contributed by atoms with van der Waals surface area (Å²) in [5.74, 6) is 2.34. The van der Waals surface area contributed by atoms with Crippen LogP contribution in [0.5, 0.6) is 5.75 Å². The lowest BCUT2D eigenvalue weighted by Crippen LogP contribution is -2.28. The Balaban J connectivity index is 1.66. The standard InChI is InChI=1S/C29H36N4O2S/c1-7-8-17-36-28-31-27-30-19(2)25(20(3)34)26(33(27)32-28)23-11-9-10-12-24(23)35-18-21-13-15-22(16-14-21)29(4,5)6/h9-16,26H,7-8,17-18H2,1-6H3,(H,30,31,32). The molecule has 36 heavy (non-hydrogen) atoms. The highest BCUT2D eigenvalue weighted by Gasteiger charge is 2.34. The molecule has 0 fully saturated rings. The van der Waals surface area contributed by atoms with Crippen molar-refractivity contribution in [2.24, 2.45) is 0 Å². The molecule has 0 spiro atoms. The molecule has 0 saturated heterocycles. The van der Waals surface area contributed by atoms with E-state index in [0.717, 1.165) is 41.2 Å². The first-order chi connectivity index (χ1) is 17.2. The number of anilines is 1. The average molecular weight is 505 g/mol. The Morgan fingerprint density at radius 3 is 2.53 bits per heavy atom. The number of rotatable bonds is 9. The molecule has 2 heterocycles. The van der Waals surface area contributed by atoms with Crippen molar-refractivity contribution in [1.82, 2.24) is 14.8 Å². The molecule has 3 aromatic rings. The first-order valence-corrected chi connectivity index (χ1v) is 13.6. The summed E-state index contributed by atoms with van der Waals surface area (Å²) in [4.78, 5) is 17.5. The van der Waals surface area contributed by atoms with Crippen LogP contribution in [0.1, 0.15) is 77.1 Å². The summed E-state index contributed by atoms with van der Waals surface area (Å²) in [5.41, 5.74) is 4.86. The van der Waals surface area contributed by atoms with E-state index in [1.807, 2.05) is 35.9 Å². The second-order valence-electron chi connectivity index (χ2n) is 10.3. The van der Waals surface area contributed by atoms with E-state index < -0.39 is 6.04 Å². The van der Waals surface area contributed by atoms with Crippen LogP contribution in [0.2, 0.25) is 0 Å². The number of thioether (sulfide) groups is 1. The highest BCUT2D eigenvalue weighted by molar-refractivity contribution is 7.99. The number of para-hydroxylation sites is 1. The van der Waals surface area contributed by atoms with E-state index >= 15 is 0 Å². The van der Waals surface area contributed by atoms with Gasteiger partial charge in [0.15, 0.2) is 5.78 Å². The smallest absolute Gasteiger partial charge is 0.227 e. The number of carbonyl (C=O) groups excluding carboxylic acids is 1. The molecule has 0 saturated carbocycles. The predicted molar refractivity (Wildman–Crippen MR) is 147 cm³/mol. The maximum Gasteiger partial charge on any atom is 0.227 e. The van der Waals surface area contributed by atoms with Gasteiger partial charge in [-0.05, 0) is 42.9 Å². The summed E-state index contributed by atoms with van der Waals surface area (Å²) in [7, 11) is 0. The molecule has 0 radical (unpaired) electrons. The molecule has 0 aliphatic carbocycles. The number of aromatic nitrogens is 3. The van der Waals surface area contributed by atoms with Crippen LogP contribution in [0.4, 0.5) is 5.95 Å². The largest absolute Gasteiger partial charge is 0.489 e. The molecule has 1 aliphatic heterocycles. The number of hydrogen-bond donors (Lipinski definition) is 1. The van der Waals surface area contributed by atoms with Crippen molar-refractivity contribution < 1.29 is 9.53 Å². The van der Waals surface area contributed by atoms with Crippen LogP contribution >= 0.6 is 11.8 Å². The molecular formula is C29H36N4O2S. The highest BCUT2D eigenvalue weighted by atomic mass is 32.2. The number of fused-ring (bicyclic) bond motifs is 1. The number of benzene rings is 2. The third-order valence-electron chi connectivity index (χ3n) is 6.37. The molecule has 190 valence electrons. The van der Waals surface area contributed by atoms with E-state index in [-0.39, 0.29) is 11.2 Å². The van der Waals surface area contributed by atoms with Crippen LogP contribution < -0.4 is 10.1 Å². The van der Waals surface area contributed by atoms with Gasteiger partial charge in [-0.25, -0.2) is 4.68 Å². The average Bonchev–Trinajstić information content (AvgIpc) is 3.24. The molecule has 1 N–H and O–H groups in total. The first-order valence-electron chi connectivity index (χ1n) is 12.6. The van der Waals surface area contributed by atoms with Crippen LogP contribution in [0, 0.1) is 0 Å². The van der Waals surface area contributed by atoms with Gasteiger partial charge in [-0.15, -0.1) is 5.10 Å². The Labute approximate surface area is 218 Å². The molecule has 4 rings (SSSR count). The van der Waals surface area contributed by atoms with Gasteiger partial charge in [0.2, 0.25) is 11.1 Å². The van der Waals surface area contributed by atoms with Crippen molar-refractivity contribution in [2.75, 3.05) is 11.1 Å². The fourth-order valence-electron chi connectivity index (χ4n) is 4.34. The van der Waals surface area contributed by atoms with E-state index in [0.29, 0.717) is 23.3 Å². The van der Waals surface area contributed by atoms with Crippen molar-refractivity contribution in [3.63, 3.8) is 0 Å². The number of carbonyl (C=O) groups is 1. The van der Waals surface area contributed by atoms with Crippen molar-refractivity contribution >= 4 is 23.5 Å². The van der Waals surface area contributed by atoms with Crippen LogP contribution in [0.25, 0.3) is 0 Å². The van der Waals surface area contributed by atoms with Gasteiger partial charge in [-0.1, -0.05) is 88.3 Å². The summed E-state index contributed by atoms with van der Waals surface area (Å²) in [6.07, 6.45) is 2.23. The van der Waals surface area contributed by atoms with E-state index in [2.05, 4.69) is 57.3 Å². The summed E-state index contributed by atoms with van der Waals surface area (Å²) in [5, 5.41) is 8.81. The zero-order valence-electron chi connectivity index (χ0n) is 22.1. The van der Waals surface area contributed by atoms with Crippen molar-refractivity contribution in [1.29, 1.82) is 0 Å². The fraction of sp³-hybridized carbons (Fsp3) is 0.414. The molecule has 0 amide bonds. The van der Waals surface area contributed by atoms with Crippen molar-refractivity contribution in [2.45, 2.75) is 77.6 Å². The number of unbranched alkanes of at least 4 members (excludes halogenated alkanes) is 1. The fourth-order valence-corrected chi connectivity index (χ4v) is 5.26. The zero-order valence-corrected chi connectivity index (χ0v) is 22.9. The summed E-state index contributed by atoms with van der Waals surface area (Å²) >= 11 is 1.64. The lowest BCUT2D eigenvalue weighted by atomic mass is 9.87. The summed E-state index contributed by atoms with van der Waals surface area (Å²) < 4.78 is 8.18. The van der Waals surface area contributed by atoms with Gasteiger partial charge in [0.25, 0.3) is 0 Å². The van der Waals surface area contributed by atoms with Gasteiger partial charge in [0.05, 0.1) is 0 Å². The summed E-state index contributed by atoms with van der Waals surface area (Å²) in [6, 6.07) is 16.1. The van der Waals surface area contributed by atoms with Gasteiger partial charge in [-0.3, -0.25) is 4.79 Å². The van der Waals surface area contributed by atoms with E-state index in [4.69, 9.17) is 14.8 Å². The van der Waals surface area contributed by atoms with E-state index in [1.54, 1.807) is 18.7 Å². The van der Waals surface area contributed by atoms with Gasteiger partial charge < -0.3 is 10.1 Å². The van der Waals surface area contributed by atoms with Crippen LogP contribution in [-0.4, -0.2) is 26.3 Å². The van der Waals surface area contributed by atoms with Crippen LogP contribution in [0.15, 0.2) is 65.0 Å². The minimum atomic E-state index is -0.411. The minimum absolute atomic E-state index is 0.00101. The zero-order chi connectivity index (χ0) is 25.9. The number of Topliss-reactive ketones (excluding diaryl/α,β-unsaturated/α-hetero) is 1. The Morgan fingerprint density at radius 2 is 1.86 bits per heavy atom. The quantitative estimate of drug-likeness (QED) is 0.252. The molecular weight excluding hydrogens is 468 g/mol. The number of nitrogens with zero attached hydrogens (tertiary/aromatic N) is 3. The van der Waals surface area contributed by atoms with Crippen LogP contribution in [-0.2, 0) is 16.8 Å². The second kappa shape index (κ2) is 10.9. The molecule has 1 unspecified atom stereocenters. The van der Waals surface area contributed by atoms with Gasteiger partial charge in [0.1, 0.15) is 18.4 Å². The monoisotopic (exact) mass is 504 g/mol.